The minimum atomic E-state index is 0.627. The van der Waals surface area contributed by atoms with E-state index in [4.69, 9.17) is 0 Å². The van der Waals surface area contributed by atoms with E-state index in [2.05, 4.69) is 41.5 Å². The van der Waals surface area contributed by atoms with Gasteiger partial charge in [-0.15, -0.1) is 6.58 Å². The van der Waals surface area contributed by atoms with Crippen LogP contribution >= 0.6 is 0 Å². The molecule has 0 unspecified atom stereocenters. The van der Waals surface area contributed by atoms with E-state index < -0.39 is 0 Å². The Labute approximate surface area is 117 Å². The lowest BCUT2D eigenvalue weighted by Gasteiger charge is -2.30. The van der Waals surface area contributed by atoms with Crippen molar-refractivity contribution in [3.63, 3.8) is 0 Å². The predicted molar refractivity (Wildman–Crippen MR) is 81.6 cm³/mol. The third kappa shape index (κ3) is 3.62. The van der Waals surface area contributed by atoms with Crippen molar-refractivity contribution in [1.29, 1.82) is 0 Å². The Morgan fingerprint density at radius 3 is 2.79 bits per heavy atom. The van der Waals surface area contributed by atoms with E-state index in [1.54, 1.807) is 0 Å². The summed E-state index contributed by atoms with van der Waals surface area (Å²) in [7, 11) is 0. The summed E-state index contributed by atoms with van der Waals surface area (Å²) in [5.41, 5.74) is 1.10. The van der Waals surface area contributed by atoms with Crippen LogP contribution in [0.15, 0.2) is 18.9 Å². The number of aryl methyl sites for hydroxylation is 1. The highest BCUT2D eigenvalue weighted by molar-refractivity contribution is 5.30. The Morgan fingerprint density at radius 1 is 1.42 bits per heavy atom. The highest BCUT2D eigenvalue weighted by atomic mass is 15.2. The van der Waals surface area contributed by atoms with Crippen molar-refractivity contribution in [2.45, 2.75) is 58.4 Å². The first-order chi connectivity index (χ1) is 9.24. The monoisotopic (exact) mass is 261 g/mol. The number of nitrogens with one attached hydrogen (secondary N) is 1. The van der Waals surface area contributed by atoms with Gasteiger partial charge >= 0.3 is 0 Å². The summed E-state index contributed by atoms with van der Waals surface area (Å²) in [6, 6.07) is 0.627. The first-order valence-corrected chi connectivity index (χ1v) is 7.64. The molecule has 0 saturated heterocycles. The molecule has 1 saturated carbocycles. The summed E-state index contributed by atoms with van der Waals surface area (Å²) < 4.78 is 2.35. The molecule has 3 nitrogen and oxygen atoms in total. The minimum Gasteiger partial charge on any atom is -0.352 e. The third-order valence-electron chi connectivity index (χ3n) is 4.16. The second-order valence-electron chi connectivity index (χ2n) is 5.75. The maximum Gasteiger partial charge on any atom is 0.203 e. The number of anilines is 1. The van der Waals surface area contributed by atoms with Crippen LogP contribution in [0.3, 0.4) is 0 Å². The van der Waals surface area contributed by atoms with Gasteiger partial charge in [0.25, 0.3) is 0 Å². The topological polar surface area (TPSA) is 29.9 Å². The van der Waals surface area contributed by atoms with Gasteiger partial charge in [-0.3, -0.25) is 0 Å². The van der Waals surface area contributed by atoms with Crippen molar-refractivity contribution in [3.05, 3.63) is 24.5 Å². The molecule has 0 spiro atoms. The van der Waals surface area contributed by atoms with E-state index in [-0.39, 0.29) is 0 Å². The van der Waals surface area contributed by atoms with Gasteiger partial charge in [-0.25, -0.2) is 4.98 Å². The molecule has 0 bridgehead atoms. The van der Waals surface area contributed by atoms with Gasteiger partial charge in [0.1, 0.15) is 0 Å². The zero-order valence-corrected chi connectivity index (χ0v) is 12.4. The largest absolute Gasteiger partial charge is 0.352 e. The standard InChI is InChI=1S/C16H27N3/c1-4-6-14-7-9-15(10-8-14)19-12-13(3)18-16(19)17-11-5-2/h5,12,14-15H,2,4,6-11H2,1,3H3,(H,17,18). The average molecular weight is 261 g/mol. The number of aromatic nitrogens is 2. The van der Waals surface area contributed by atoms with Gasteiger partial charge in [0.2, 0.25) is 5.95 Å². The van der Waals surface area contributed by atoms with Gasteiger partial charge < -0.3 is 9.88 Å². The molecule has 0 aromatic carbocycles. The van der Waals surface area contributed by atoms with E-state index in [1.165, 1.54) is 38.5 Å². The Kier molecular flexibility index (Phi) is 5.06. The summed E-state index contributed by atoms with van der Waals surface area (Å²) in [5, 5.41) is 3.35. The smallest absolute Gasteiger partial charge is 0.203 e. The number of nitrogens with zero attached hydrogens (tertiary/aromatic N) is 2. The highest BCUT2D eigenvalue weighted by Gasteiger charge is 2.23. The van der Waals surface area contributed by atoms with Crippen molar-refractivity contribution in [2.75, 3.05) is 11.9 Å². The van der Waals surface area contributed by atoms with Crippen LogP contribution in [0.2, 0.25) is 0 Å². The molecule has 3 heteroatoms. The first-order valence-electron chi connectivity index (χ1n) is 7.64. The summed E-state index contributed by atoms with van der Waals surface area (Å²) >= 11 is 0. The molecule has 0 radical (unpaired) electrons. The Morgan fingerprint density at radius 2 is 2.16 bits per heavy atom. The van der Waals surface area contributed by atoms with E-state index in [0.717, 1.165) is 24.1 Å². The van der Waals surface area contributed by atoms with Crippen LogP contribution in [0.5, 0.6) is 0 Å². The fraction of sp³-hybridized carbons (Fsp3) is 0.688. The van der Waals surface area contributed by atoms with Crippen LogP contribution in [-0.2, 0) is 0 Å². The van der Waals surface area contributed by atoms with Crippen molar-refractivity contribution in [1.82, 2.24) is 9.55 Å². The summed E-state index contributed by atoms with van der Waals surface area (Å²) in [6.45, 7) is 8.90. The lowest BCUT2D eigenvalue weighted by atomic mass is 9.83. The van der Waals surface area contributed by atoms with Gasteiger partial charge in [-0.05, 0) is 38.5 Å². The highest BCUT2D eigenvalue weighted by Crippen LogP contribution is 2.35. The van der Waals surface area contributed by atoms with Crippen LogP contribution < -0.4 is 5.32 Å². The molecule has 0 atom stereocenters. The maximum absolute atomic E-state index is 4.58. The molecule has 19 heavy (non-hydrogen) atoms. The lowest BCUT2D eigenvalue weighted by Crippen LogP contribution is -2.19. The average Bonchev–Trinajstić information content (AvgIpc) is 2.79. The lowest BCUT2D eigenvalue weighted by molar-refractivity contribution is 0.264. The molecule has 0 amide bonds. The second kappa shape index (κ2) is 6.78. The molecule has 106 valence electrons. The van der Waals surface area contributed by atoms with Crippen LogP contribution in [0.1, 0.15) is 57.2 Å². The summed E-state index contributed by atoms with van der Waals surface area (Å²) in [6.07, 6.45) is 12.1. The quantitative estimate of drug-likeness (QED) is 0.773. The maximum atomic E-state index is 4.58. The summed E-state index contributed by atoms with van der Waals surface area (Å²) in [5.74, 6) is 1.96. The fourth-order valence-electron chi connectivity index (χ4n) is 3.21. The van der Waals surface area contributed by atoms with E-state index in [0.29, 0.717) is 6.04 Å². The molecular formula is C16H27N3. The Bertz CT molecular complexity index is 400. The number of rotatable bonds is 6. The third-order valence-corrected chi connectivity index (χ3v) is 4.16. The SMILES string of the molecule is C=CCNc1nc(C)cn1C1CCC(CCC)CC1. The van der Waals surface area contributed by atoms with Crippen LogP contribution in [0, 0.1) is 12.8 Å². The van der Waals surface area contributed by atoms with Crippen LogP contribution in [0.25, 0.3) is 0 Å². The molecule has 1 aromatic heterocycles. The zero-order valence-electron chi connectivity index (χ0n) is 12.4. The first kappa shape index (κ1) is 14.2. The number of hydrogen-bond donors (Lipinski definition) is 1. The van der Waals surface area contributed by atoms with Gasteiger partial charge in [0.05, 0.1) is 5.69 Å². The molecule has 1 aliphatic carbocycles. The Balaban J connectivity index is 2.00. The van der Waals surface area contributed by atoms with E-state index in [9.17, 15) is 0 Å². The van der Waals surface area contributed by atoms with E-state index >= 15 is 0 Å². The molecule has 0 aliphatic heterocycles. The fourth-order valence-corrected chi connectivity index (χ4v) is 3.21. The van der Waals surface area contributed by atoms with Crippen LogP contribution in [-0.4, -0.2) is 16.1 Å². The molecule has 1 N–H and O–H groups in total. The van der Waals surface area contributed by atoms with Gasteiger partial charge in [-0.2, -0.15) is 0 Å². The van der Waals surface area contributed by atoms with Crippen LogP contribution in [0.4, 0.5) is 5.95 Å². The summed E-state index contributed by atoms with van der Waals surface area (Å²) in [4.78, 5) is 4.58. The predicted octanol–water partition coefficient (Wildman–Crippen LogP) is 4.32. The minimum absolute atomic E-state index is 0.627. The molecule has 1 fully saturated rings. The molecular weight excluding hydrogens is 234 g/mol. The number of imidazole rings is 1. The van der Waals surface area contributed by atoms with Gasteiger partial charge in [-0.1, -0.05) is 25.8 Å². The van der Waals surface area contributed by atoms with Crippen molar-refractivity contribution >= 4 is 5.95 Å². The van der Waals surface area contributed by atoms with Gasteiger partial charge in [0, 0.05) is 18.8 Å². The molecule has 2 rings (SSSR count). The number of hydrogen-bond acceptors (Lipinski definition) is 2. The molecule has 1 aromatic rings. The van der Waals surface area contributed by atoms with Crippen molar-refractivity contribution in [2.24, 2.45) is 5.92 Å². The van der Waals surface area contributed by atoms with Crippen molar-refractivity contribution < 1.29 is 0 Å². The van der Waals surface area contributed by atoms with Crippen molar-refractivity contribution in [3.8, 4) is 0 Å². The van der Waals surface area contributed by atoms with E-state index in [1.807, 2.05) is 6.08 Å². The normalized spacial score (nSPS) is 23.3. The Hall–Kier alpha value is -1.25. The second-order valence-corrected chi connectivity index (χ2v) is 5.75. The molecule has 1 aliphatic rings. The molecule has 1 heterocycles. The zero-order chi connectivity index (χ0) is 13.7. The van der Waals surface area contributed by atoms with Gasteiger partial charge in [0.15, 0.2) is 0 Å².